The average Bonchev–Trinajstić information content (AvgIpc) is 2.62. The second-order valence-corrected chi connectivity index (χ2v) is 6.63. The van der Waals surface area contributed by atoms with Crippen LogP contribution in [0.2, 0.25) is 0 Å². The monoisotopic (exact) mass is 347 g/mol. The number of aryl methyl sites for hydroxylation is 1. The standard InChI is InChI=1S/C21H33NO3/c1-5-8-9-10-11-18(16-23)21(6-2,20(24)25-7-3)22-19-14-12-17(4)13-15-19/h12-16,18,22H,5-11H2,1-4H3/t18-,21+/m1/s1. The molecule has 1 aromatic rings. The zero-order valence-electron chi connectivity index (χ0n) is 16.1. The lowest BCUT2D eigenvalue weighted by atomic mass is 9.78. The van der Waals surface area contributed by atoms with Crippen LogP contribution in [0, 0.1) is 12.8 Å². The van der Waals surface area contributed by atoms with Crippen LogP contribution in [0.25, 0.3) is 0 Å². The van der Waals surface area contributed by atoms with E-state index in [1.54, 1.807) is 6.92 Å². The summed E-state index contributed by atoms with van der Waals surface area (Å²) >= 11 is 0. The molecule has 0 unspecified atom stereocenters. The third-order valence-corrected chi connectivity index (χ3v) is 4.78. The van der Waals surface area contributed by atoms with E-state index in [2.05, 4.69) is 12.2 Å². The van der Waals surface area contributed by atoms with E-state index in [9.17, 15) is 9.59 Å². The Bertz CT molecular complexity index is 526. The van der Waals surface area contributed by atoms with Gasteiger partial charge in [0.05, 0.1) is 6.61 Å². The molecule has 1 N–H and O–H groups in total. The molecule has 0 aliphatic carbocycles. The minimum absolute atomic E-state index is 0.303. The molecule has 0 saturated heterocycles. The lowest BCUT2D eigenvalue weighted by molar-refractivity contribution is -0.152. The van der Waals surface area contributed by atoms with Crippen LogP contribution >= 0.6 is 0 Å². The molecule has 0 aromatic heterocycles. The van der Waals surface area contributed by atoms with E-state index in [1.807, 2.05) is 38.1 Å². The highest BCUT2D eigenvalue weighted by molar-refractivity contribution is 5.88. The number of unbranched alkanes of at least 4 members (excludes halogenated alkanes) is 3. The summed E-state index contributed by atoms with van der Waals surface area (Å²) < 4.78 is 5.34. The van der Waals surface area contributed by atoms with Crippen molar-refractivity contribution < 1.29 is 14.3 Å². The summed E-state index contributed by atoms with van der Waals surface area (Å²) in [5.74, 6) is -0.750. The number of hydrogen-bond acceptors (Lipinski definition) is 4. The molecule has 4 nitrogen and oxygen atoms in total. The van der Waals surface area contributed by atoms with Crippen molar-refractivity contribution in [3.63, 3.8) is 0 Å². The molecule has 140 valence electrons. The number of benzene rings is 1. The van der Waals surface area contributed by atoms with E-state index in [-0.39, 0.29) is 5.97 Å². The van der Waals surface area contributed by atoms with Gasteiger partial charge in [0.1, 0.15) is 11.8 Å². The van der Waals surface area contributed by atoms with Gasteiger partial charge in [-0.2, -0.15) is 0 Å². The van der Waals surface area contributed by atoms with Crippen LogP contribution in [-0.4, -0.2) is 24.4 Å². The van der Waals surface area contributed by atoms with Gasteiger partial charge < -0.3 is 14.8 Å². The Labute approximate surface area is 152 Å². The van der Waals surface area contributed by atoms with Crippen LogP contribution in [0.5, 0.6) is 0 Å². The van der Waals surface area contributed by atoms with Crippen LogP contribution in [-0.2, 0) is 14.3 Å². The highest BCUT2D eigenvalue weighted by atomic mass is 16.5. The fourth-order valence-electron chi connectivity index (χ4n) is 3.17. The number of rotatable bonds is 12. The van der Waals surface area contributed by atoms with Gasteiger partial charge >= 0.3 is 5.97 Å². The maximum absolute atomic E-state index is 12.8. The second-order valence-electron chi connectivity index (χ2n) is 6.63. The molecule has 1 aromatic carbocycles. The zero-order valence-corrected chi connectivity index (χ0v) is 16.1. The molecular formula is C21H33NO3. The third-order valence-electron chi connectivity index (χ3n) is 4.78. The Hall–Kier alpha value is -1.84. The molecule has 0 fully saturated rings. The van der Waals surface area contributed by atoms with Crippen molar-refractivity contribution in [1.82, 2.24) is 0 Å². The minimum Gasteiger partial charge on any atom is -0.464 e. The summed E-state index contributed by atoms with van der Waals surface area (Å²) in [6, 6.07) is 7.87. The quantitative estimate of drug-likeness (QED) is 0.332. The number of esters is 1. The number of carbonyl (C=O) groups excluding carboxylic acids is 2. The molecule has 0 heterocycles. The van der Waals surface area contributed by atoms with Crippen molar-refractivity contribution in [1.29, 1.82) is 0 Å². The lowest BCUT2D eigenvalue weighted by Crippen LogP contribution is -2.53. The third kappa shape index (κ3) is 5.87. The lowest BCUT2D eigenvalue weighted by Gasteiger charge is -2.37. The second kappa shape index (κ2) is 10.9. The predicted molar refractivity (Wildman–Crippen MR) is 103 cm³/mol. The van der Waals surface area contributed by atoms with E-state index in [0.717, 1.165) is 43.2 Å². The van der Waals surface area contributed by atoms with E-state index in [4.69, 9.17) is 4.74 Å². The SMILES string of the molecule is CCCCCC[C@H](C=O)[C@](CC)(Nc1ccc(C)cc1)C(=O)OCC. The van der Waals surface area contributed by atoms with E-state index in [0.29, 0.717) is 19.4 Å². The van der Waals surface area contributed by atoms with Crippen LogP contribution in [0.1, 0.15) is 64.9 Å². The first-order valence-corrected chi connectivity index (χ1v) is 9.51. The van der Waals surface area contributed by atoms with Gasteiger partial charge in [0.15, 0.2) is 0 Å². The van der Waals surface area contributed by atoms with Gasteiger partial charge in [-0.15, -0.1) is 0 Å². The molecule has 25 heavy (non-hydrogen) atoms. The molecular weight excluding hydrogens is 314 g/mol. The Morgan fingerprint density at radius 1 is 1.16 bits per heavy atom. The summed E-state index contributed by atoms with van der Waals surface area (Å²) in [4.78, 5) is 24.7. The van der Waals surface area contributed by atoms with Crippen molar-refractivity contribution in [2.75, 3.05) is 11.9 Å². The number of anilines is 1. The number of aldehydes is 1. The molecule has 1 rings (SSSR count). The first kappa shape index (κ1) is 21.2. The normalized spacial score (nSPS) is 14.4. The highest BCUT2D eigenvalue weighted by Gasteiger charge is 2.45. The summed E-state index contributed by atoms with van der Waals surface area (Å²) in [5, 5.41) is 3.34. The van der Waals surface area contributed by atoms with Crippen LogP contribution in [0.15, 0.2) is 24.3 Å². The topological polar surface area (TPSA) is 55.4 Å². The first-order valence-electron chi connectivity index (χ1n) is 9.51. The Morgan fingerprint density at radius 2 is 1.84 bits per heavy atom. The average molecular weight is 347 g/mol. The van der Waals surface area contributed by atoms with E-state index in [1.165, 1.54) is 0 Å². The van der Waals surface area contributed by atoms with Gasteiger partial charge in [-0.05, 0) is 38.8 Å². The number of ether oxygens (including phenoxy) is 1. The van der Waals surface area contributed by atoms with Crippen LogP contribution in [0.3, 0.4) is 0 Å². The summed E-state index contributed by atoms with van der Waals surface area (Å²) in [6.07, 6.45) is 6.42. The van der Waals surface area contributed by atoms with Crippen molar-refractivity contribution in [2.24, 2.45) is 5.92 Å². The molecule has 0 aliphatic heterocycles. The molecule has 0 amide bonds. The molecule has 0 radical (unpaired) electrons. The van der Waals surface area contributed by atoms with E-state index >= 15 is 0 Å². The largest absolute Gasteiger partial charge is 0.464 e. The first-order chi connectivity index (χ1) is 12.0. The fraction of sp³-hybridized carbons (Fsp3) is 0.619. The number of nitrogens with one attached hydrogen (secondary N) is 1. The van der Waals surface area contributed by atoms with Crippen molar-refractivity contribution in [3.8, 4) is 0 Å². The Kier molecular flexibility index (Phi) is 9.25. The maximum Gasteiger partial charge on any atom is 0.332 e. The van der Waals surface area contributed by atoms with Crippen LogP contribution in [0.4, 0.5) is 5.69 Å². The van der Waals surface area contributed by atoms with Gasteiger partial charge in [0.2, 0.25) is 0 Å². The summed E-state index contributed by atoms with van der Waals surface area (Å²) in [7, 11) is 0. The van der Waals surface area contributed by atoms with Gasteiger partial charge in [0.25, 0.3) is 0 Å². The van der Waals surface area contributed by atoms with Crippen LogP contribution < -0.4 is 5.32 Å². The fourth-order valence-corrected chi connectivity index (χ4v) is 3.17. The highest BCUT2D eigenvalue weighted by Crippen LogP contribution is 2.31. The van der Waals surface area contributed by atoms with Gasteiger partial charge in [0, 0.05) is 11.6 Å². The van der Waals surface area contributed by atoms with E-state index < -0.39 is 11.5 Å². The number of hydrogen-bond donors (Lipinski definition) is 1. The summed E-state index contributed by atoms with van der Waals surface area (Å²) in [5.41, 5.74) is 0.968. The molecule has 0 saturated carbocycles. The molecule has 0 aliphatic rings. The van der Waals surface area contributed by atoms with Gasteiger partial charge in [-0.3, -0.25) is 0 Å². The Morgan fingerprint density at radius 3 is 2.36 bits per heavy atom. The minimum atomic E-state index is -1.01. The Balaban J connectivity index is 3.07. The number of carbonyl (C=O) groups is 2. The van der Waals surface area contributed by atoms with Crippen molar-refractivity contribution >= 4 is 17.9 Å². The predicted octanol–water partition coefficient (Wildman–Crippen LogP) is 4.90. The molecule has 0 spiro atoms. The van der Waals surface area contributed by atoms with Crippen molar-refractivity contribution in [2.45, 2.75) is 71.8 Å². The zero-order chi connectivity index (χ0) is 18.7. The van der Waals surface area contributed by atoms with Gasteiger partial charge in [-0.1, -0.05) is 57.2 Å². The smallest absolute Gasteiger partial charge is 0.332 e. The summed E-state index contributed by atoms with van der Waals surface area (Å²) in [6.45, 7) is 8.20. The van der Waals surface area contributed by atoms with Crippen molar-refractivity contribution in [3.05, 3.63) is 29.8 Å². The maximum atomic E-state index is 12.8. The molecule has 4 heteroatoms. The molecule has 2 atom stereocenters. The van der Waals surface area contributed by atoms with Gasteiger partial charge in [-0.25, -0.2) is 4.79 Å². The molecule has 0 bridgehead atoms.